The molecule has 0 aromatic carbocycles. The summed E-state index contributed by atoms with van der Waals surface area (Å²) in [4.78, 5) is 19.3. The van der Waals surface area contributed by atoms with Crippen molar-refractivity contribution < 1.29 is 9.90 Å². The van der Waals surface area contributed by atoms with Gasteiger partial charge in [0.25, 0.3) is 0 Å². The van der Waals surface area contributed by atoms with Crippen molar-refractivity contribution in [3.63, 3.8) is 0 Å². The number of aromatic nitrogens is 1. The van der Waals surface area contributed by atoms with Crippen molar-refractivity contribution >= 4 is 17.3 Å². The number of hydrogen-bond acceptors (Lipinski definition) is 4. The zero-order valence-corrected chi connectivity index (χ0v) is 12.0. The summed E-state index contributed by atoms with van der Waals surface area (Å²) in [7, 11) is 0. The molecule has 5 heteroatoms. The Hall–Kier alpha value is -0.940. The molecule has 1 aliphatic heterocycles. The summed E-state index contributed by atoms with van der Waals surface area (Å²) in [5.74, 6) is -0.0846. The first-order chi connectivity index (χ1) is 9.15. The van der Waals surface area contributed by atoms with Gasteiger partial charge in [0.1, 0.15) is 11.0 Å². The molecule has 2 fully saturated rings. The summed E-state index contributed by atoms with van der Waals surface area (Å²) >= 11 is 1.68. The molecule has 3 atom stereocenters. The van der Waals surface area contributed by atoms with Crippen LogP contribution in [0.3, 0.4) is 0 Å². The third-order valence-electron chi connectivity index (χ3n) is 4.49. The van der Waals surface area contributed by atoms with E-state index in [0.717, 1.165) is 17.8 Å². The lowest BCUT2D eigenvalue weighted by atomic mass is 9.85. The third kappa shape index (κ3) is 2.54. The van der Waals surface area contributed by atoms with Crippen molar-refractivity contribution in [2.24, 2.45) is 5.92 Å². The van der Waals surface area contributed by atoms with E-state index in [1.165, 1.54) is 24.1 Å². The van der Waals surface area contributed by atoms with Crippen molar-refractivity contribution in [2.45, 2.75) is 57.7 Å². The number of carbonyl (C=O) groups is 1. The zero-order valence-electron chi connectivity index (χ0n) is 11.2. The lowest BCUT2D eigenvalue weighted by Crippen LogP contribution is -2.41. The largest absolute Gasteiger partial charge is 0.480 e. The molecule has 1 N–H and O–H groups in total. The summed E-state index contributed by atoms with van der Waals surface area (Å²) in [6.07, 6.45) is 7.55. The minimum Gasteiger partial charge on any atom is -0.480 e. The minimum absolute atomic E-state index is 0.308. The molecule has 19 heavy (non-hydrogen) atoms. The van der Waals surface area contributed by atoms with Gasteiger partial charge in [-0.25, -0.2) is 4.98 Å². The van der Waals surface area contributed by atoms with Gasteiger partial charge in [-0.1, -0.05) is 12.8 Å². The molecule has 4 nitrogen and oxygen atoms in total. The number of hydrogen-bond donors (Lipinski definition) is 1. The number of aliphatic carboxylic acids is 1. The smallest absolute Gasteiger partial charge is 0.320 e. The van der Waals surface area contributed by atoms with E-state index in [0.29, 0.717) is 18.5 Å². The molecular formula is C14H20N2O2S. The van der Waals surface area contributed by atoms with Gasteiger partial charge in [0, 0.05) is 17.1 Å². The number of carboxylic acids is 1. The standard InChI is InChI=1S/C14H20N2O2S/c1-9-7-15-13(19-9)8-16-11-5-3-2-4-10(11)6-12(16)14(17)18/h7,10-12H,2-6,8H2,1H3,(H,17,18). The molecule has 3 unspecified atom stereocenters. The Morgan fingerprint density at radius 2 is 2.32 bits per heavy atom. The maximum Gasteiger partial charge on any atom is 0.320 e. The van der Waals surface area contributed by atoms with E-state index >= 15 is 0 Å². The molecular weight excluding hydrogens is 260 g/mol. The molecule has 1 aromatic rings. The van der Waals surface area contributed by atoms with E-state index < -0.39 is 5.97 Å². The average Bonchev–Trinajstić information content (AvgIpc) is 2.95. The van der Waals surface area contributed by atoms with Gasteiger partial charge in [0.05, 0.1) is 6.54 Å². The molecule has 1 saturated carbocycles. The summed E-state index contributed by atoms with van der Waals surface area (Å²) in [5.41, 5.74) is 0. The van der Waals surface area contributed by atoms with Gasteiger partial charge in [-0.2, -0.15) is 0 Å². The van der Waals surface area contributed by atoms with Crippen LogP contribution in [0.5, 0.6) is 0 Å². The Bertz CT molecular complexity index is 474. The van der Waals surface area contributed by atoms with E-state index in [-0.39, 0.29) is 6.04 Å². The van der Waals surface area contributed by atoms with Gasteiger partial charge in [0.15, 0.2) is 0 Å². The molecule has 0 radical (unpaired) electrons. The topological polar surface area (TPSA) is 53.4 Å². The molecule has 0 amide bonds. The van der Waals surface area contributed by atoms with E-state index in [9.17, 15) is 9.90 Å². The zero-order chi connectivity index (χ0) is 13.4. The molecule has 1 aromatic heterocycles. The lowest BCUT2D eigenvalue weighted by Gasteiger charge is -2.32. The molecule has 1 aliphatic carbocycles. The number of likely N-dealkylation sites (tertiary alicyclic amines) is 1. The first-order valence-electron chi connectivity index (χ1n) is 7.05. The Morgan fingerprint density at radius 3 is 3.00 bits per heavy atom. The van der Waals surface area contributed by atoms with Crippen molar-refractivity contribution in [3.05, 3.63) is 16.1 Å². The van der Waals surface area contributed by atoms with Crippen molar-refractivity contribution in [3.8, 4) is 0 Å². The van der Waals surface area contributed by atoms with E-state index in [1.807, 2.05) is 13.1 Å². The van der Waals surface area contributed by atoms with Crippen LogP contribution in [0, 0.1) is 12.8 Å². The second kappa shape index (κ2) is 5.21. The average molecular weight is 280 g/mol. The summed E-state index contributed by atoms with van der Waals surface area (Å²) in [6.45, 7) is 2.75. The van der Waals surface area contributed by atoms with Crippen molar-refractivity contribution in [2.75, 3.05) is 0 Å². The first kappa shape index (κ1) is 13.1. The number of fused-ring (bicyclic) bond motifs is 1. The first-order valence-corrected chi connectivity index (χ1v) is 7.86. The number of thiazole rings is 1. The van der Waals surface area contributed by atoms with Crippen LogP contribution in [0.25, 0.3) is 0 Å². The van der Waals surface area contributed by atoms with Crippen LogP contribution >= 0.6 is 11.3 Å². The normalized spacial score (nSPS) is 31.3. The highest BCUT2D eigenvalue weighted by Crippen LogP contribution is 2.40. The van der Waals surface area contributed by atoms with Gasteiger partial charge >= 0.3 is 5.97 Å². The summed E-state index contributed by atoms with van der Waals surface area (Å²) in [5, 5.41) is 10.5. The Morgan fingerprint density at radius 1 is 1.53 bits per heavy atom. The minimum atomic E-state index is -0.664. The predicted molar refractivity (Wildman–Crippen MR) is 74.2 cm³/mol. The number of carboxylic acid groups (broad SMARTS) is 1. The monoisotopic (exact) mass is 280 g/mol. The molecule has 3 rings (SSSR count). The van der Waals surface area contributed by atoms with E-state index in [1.54, 1.807) is 11.3 Å². The maximum absolute atomic E-state index is 11.5. The fourth-order valence-electron chi connectivity index (χ4n) is 3.65. The van der Waals surface area contributed by atoms with Crippen LogP contribution in [-0.4, -0.2) is 33.0 Å². The van der Waals surface area contributed by atoms with E-state index in [4.69, 9.17) is 0 Å². The summed E-state index contributed by atoms with van der Waals surface area (Å²) < 4.78 is 0. The Labute approximate surface area is 117 Å². The predicted octanol–water partition coefficient (Wildman–Crippen LogP) is 2.67. The van der Waals surface area contributed by atoms with Crippen molar-refractivity contribution in [1.82, 2.24) is 9.88 Å². The second-order valence-corrected chi connectivity index (χ2v) is 7.06. The quantitative estimate of drug-likeness (QED) is 0.925. The van der Waals surface area contributed by atoms with Crippen LogP contribution in [0.2, 0.25) is 0 Å². The SMILES string of the molecule is Cc1cnc(CN2C(C(=O)O)CC3CCCCC32)s1. The molecule has 0 bridgehead atoms. The highest BCUT2D eigenvalue weighted by Gasteiger charge is 2.45. The van der Waals surface area contributed by atoms with Crippen molar-refractivity contribution in [1.29, 1.82) is 0 Å². The fourth-order valence-corrected chi connectivity index (χ4v) is 4.45. The third-order valence-corrected chi connectivity index (χ3v) is 5.39. The van der Waals surface area contributed by atoms with Crippen LogP contribution < -0.4 is 0 Å². The molecule has 0 spiro atoms. The number of nitrogens with zero attached hydrogens (tertiary/aromatic N) is 2. The van der Waals surface area contributed by atoms with Gasteiger partial charge in [-0.3, -0.25) is 9.69 Å². The second-order valence-electron chi connectivity index (χ2n) is 5.74. The van der Waals surface area contributed by atoms with Gasteiger partial charge in [-0.05, 0) is 32.1 Å². The van der Waals surface area contributed by atoms with Gasteiger partial charge in [0.2, 0.25) is 0 Å². The fraction of sp³-hybridized carbons (Fsp3) is 0.714. The lowest BCUT2D eigenvalue weighted by molar-refractivity contribution is -0.142. The molecule has 104 valence electrons. The molecule has 1 saturated heterocycles. The summed E-state index contributed by atoms with van der Waals surface area (Å²) in [6, 6.07) is 0.149. The van der Waals surface area contributed by atoms with Crippen LogP contribution in [0.15, 0.2) is 6.20 Å². The van der Waals surface area contributed by atoms with Gasteiger partial charge < -0.3 is 5.11 Å². The van der Waals surface area contributed by atoms with Crippen LogP contribution in [-0.2, 0) is 11.3 Å². The molecule has 2 aliphatic rings. The van der Waals surface area contributed by atoms with Crippen LogP contribution in [0.1, 0.15) is 42.0 Å². The highest BCUT2D eigenvalue weighted by molar-refractivity contribution is 7.11. The Balaban J connectivity index is 1.80. The van der Waals surface area contributed by atoms with Crippen LogP contribution in [0.4, 0.5) is 0 Å². The molecule has 2 heterocycles. The number of aryl methyl sites for hydroxylation is 1. The van der Waals surface area contributed by atoms with Gasteiger partial charge in [-0.15, -0.1) is 11.3 Å². The van der Waals surface area contributed by atoms with E-state index in [2.05, 4.69) is 9.88 Å². The maximum atomic E-state index is 11.5. The Kier molecular flexibility index (Phi) is 3.58. The highest BCUT2D eigenvalue weighted by atomic mass is 32.1. The number of rotatable bonds is 3.